The zero-order valence-corrected chi connectivity index (χ0v) is 15.5. The van der Waals surface area contributed by atoms with Gasteiger partial charge in [-0.3, -0.25) is 0 Å². The van der Waals surface area contributed by atoms with Crippen LogP contribution in [0.4, 0.5) is 16.2 Å². The van der Waals surface area contributed by atoms with E-state index in [0.29, 0.717) is 29.5 Å². The van der Waals surface area contributed by atoms with E-state index in [9.17, 15) is 4.79 Å². The molecule has 0 aromatic heterocycles. The van der Waals surface area contributed by atoms with Gasteiger partial charge in [-0.15, -0.1) is 0 Å². The summed E-state index contributed by atoms with van der Waals surface area (Å²) in [6.45, 7) is 4.47. The minimum absolute atomic E-state index is 0.168. The Bertz CT molecular complexity index is 713. The van der Waals surface area contributed by atoms with Gasteiger partial charge in [-0.2, -0.15) is 0 Å². The predicted octanol–water partition coefficient (Wildman–Crippen LogP) is 4.52. The molecule has 2 aromatic rings. The lowest BCUT2D eigenvalue weighted by Crippen LogP contribution is -2.37. The number of nitrogen functional groups attached to an aromatic ring is 1. The quantitative estimate of drug-likeness (QED) is 0.606. The Balaban J connectivity index is 2.11. The number of urea groups is 1. The van der Waals surface area contributed by atoms with Crippen molar-refractivity contribution < 1.29 is 14.3 Å². The van der Waals surface area contributed by atoms with Crippen molar-refractivity contribution in [2.45, 2.75) is 39.3 Å². The molecule has 140 valence electrons. The molecule has 0 aliphatic heterocycles. The van der Waals surface area contributed by atoms with Gasteiger partial charge in [0, 0.05) is 30.1 Å². The summed E-state index contributed by atoms with van der Waals surface area (Å²) in [7, 11) is 1.62. The molecule has 0 aliphatic rings. The molecule has 0 unspecified atom stereocenters. The van der Waals surface area contributed by atoms with Crippen LogP contribution in [-0.4, -0.2) is 19.2 Å². The highest BCUT2D eigenvalue weighted by atomic mass is 16.5. The number of methoxy groups -OCH3 is 1. The number of rotatable bonds is 8. The first-order valence-corrected chi connectivity index (χ1v) is 8.78. The molecule has 0 saturated heterocycles. The van der Waals surface area contributed by atoms with Gasteiger partial charge >= 0.3 is 6.03 Å². The van der Waals surface area contributed by atoms with Gasteiger partial charge < -0.3 is 25.8 Å². The van der Waals surface area contributed by atoms with Crippen LogP contribution in [0.3, 0.4) is 0 Å². The third kappa shape index (κ3) is 5.67. The summed E-state index contributed by atoms with van der Waals surface area (Å²) >= 11 is 0. The van der Waals surface area contributed by atoms with Gasteiger partial charge in [0.2, 0.25) is 0 Å². The summed E-state index contributed by atoms with van der Waals surface area (Å²) in [5, 5.41) is 5.81. The smallest absolute Gasteiger partial charge is 0.319 e. The summed E-state index contributed by atoms with van der Waals surface area (Å²) < 4.78 is 11.2. The van der Waals surface area contributed by atoms with Crippen LogP contribution in [0.25, 0.3) is 0 Å². The number of carbonyl (C=O) groups is 1. The lowest BCUT2D eigenvalue weighted by Gasteiger charge is -2.17. The second-order valence-corrected chi connectivity index (χ2v) is 6.04. The number of benzene rings is 2. The highest BCUT2D eigenvalue weighted by Crippen LogP contribution is 2.29. The van der Waals surface area contributed by atoms with E-state index in [1.807, 2.05) is 12.1 Å². The molecule has 6 nitrogen and oxygen atoms in total. The highest BCUT2D eigenvalue weighted by Gasteiger charge is 2.11. The molecule has 0 saturated carbocycles. The van der Waals surface area contributed by atoms with Crippen LogP contribution in [0.1, 0.15) is 32.3 Å². The van der Waals surface area contributed by atoms with Crippen molar-refractivity contribution in [3.05, 3.63) is 48.0 Å². The van der Waals surface area contributed by atoms with E-state index >= 15 is 0 Å². The van der Waals surface area contributed by atoms with Crippen LogP contribution >= 0.6 is 0 Å². The lowest BCUT2D eigenvalue weighted by molar-refractivity contribution is 0.182. The first-order valence-electron chi connectivity index (χ1n) is 8.78. The Labute approximate surface area is 154 Å². The van der Waals surface area contributed by atoms with Gasteiger partial charge in [0.25, 0.3) is 0 Å². The fourth-order valence-corrected chi connectivity index (χ4v) is 2.53. The summed E-state index contributed by atoms with van der Waals surface area (Å²) in [6.07, 6.45) is 1.79. The minimum Gasteiger partial charge on any atom is -0.457 e. The van der Waals surface area contributed by atoms with E-state index in [1.54, 1.807) is 37.4 Å². The summed E-state index contributed by atoms with van der Waals surface area (Å²) in [4.78, 5) is 12.1. The number of amides is 2. The molecule has 26 heavy (non-hydrogen) atoms. The number of hydrogen-bond acceptors (Lipinski definition) is 4. The molecule has 6 heteroatoms. The van der Waals surface area contributed by atoms with Gasteiger partial charge in [0.1, 0.15) is 11.5 Å². The number of nitrogens with one attached hydrogen (secondary N) is 2. The van der Waals surface area contributed by atoms with Crippen LogP contribution in [0.5, 0.6) is 11.5 Å². The van der Waals surface area contributed by atoms with Crippen LogP contribution in [0.15, 0.2) is 42.5 Å². The van der Waals surface area contributed by atoms with Crippen molar-refractivity contribution >= 4 is 17.4 Å². The van der Waals surface area contributed by atoms with E-state index in [0.717, 1.165) is 18.4 Å². The average Bonchev–Trinajstić information content (AvgIpc) is 2.64. The Morgan fingerprint density at radius 1 is 1.12 bits per heavy atom. The summed E-state index contributed by atoms with van der Waals surface area (Å²) in [5.41, 5.74) is 7.90. The van der Waals surface area contributed by atoms with Crippen molar-refractivity contribution in [1.29, 1.82) is 0 Å². The zero-order valence-electron chi connectivity index (χ0n) is 15.5. The fourth-order valence-electron chi connectivity index (χ4n) is 2.53. The van der Waals surface area contributed by atoms with Crippen molar-refractivity contribution in [1.82, 2.24) is 5.32 Å². The first kappa shape index (κ1) is 19.6. The van der Waals surface area contributed by atoms with E-state index in [4.69, 9.17) is 15.2 Å². The van der Waals surface area contributed by atoms with Crippen molar-refractivity contribution in [3.8, 4) is 11.5 Å². The molecule has 0 fully saturated rings. The number of nitrogens with two attached hydrogens (primary N) is 1. The van der Waals surface area contributed by atoms with Crippen molar-refractivity contribution in [2.75, 3.05) is 18.2 Å². The average molecular weight is 357 g/mol. The third-order valence-corrected chi connectivity index (χ3v) is 4.05. The molecule has 2 amide bonds. The van der Waals surface area contributed by atoms with Gasteiger partial charge in [0.05, 0.1) is 6.61 Å². The van der Waals surface area contributed by atoms with Crippen LogP contribution < -0.4 is 21.1 Å². The Kier molecular flexibility index (Phi) is 7.29. The second-order valence-electron chi connectivity index (χ2n) is 6.04. The number of hydrogen-bond donors (Lipinski definition) is 3. The molecule has 0 heterocycles. The van der Waals surface area contributed by atoms with Crippen LogP contribution in [0.2, 0.25) is 0 Å². The topological polar surface area (TPSA) is 85.6 Å². The van der Waals surface area contributed by atoms with E-state index in [-0.39, 0.29) is 12.1 Å². The summed E-state index contributed by atoms with van der Waals surface area (Å²) in [6, 6.07) is 12.6. The third-order valence-electron chi connectivity index (χ3n) is 4.05. The Morgan fingerprint density at radius 3 is 2.42 bits per heavy atom. The minimum atomic E-state index is -0.214. The molecular formula is C20H27N3O3. The van der Waals surface area contributed by atoms with Crippen molar-refractivity contribution in [2.24, 2.45) is 0 Å². The Morgan fingerprint density at radius 2 is 1.81 bits per heavy atom. The molecule has 2 aromatic carbocycles. The lowest BCUT2D eigenvalue weighted by atomic mass is 10.1. The maximum absolute atomic E-state index is 12.1. The molecule has 0 spiro atoms. The Hall–Kier alpha value is -2.73. The van der Waals surface area contributed by atoms with Gasteiger partial charge in [-0.1, -0.05) is 13.8 Å². The van der Waals surface area contributed by atoms with Crippen LogP contribution in [0, 0.1) is 0 Å². The maximum atomic E-state index is 12.1. The molecular weight excluding hydrogens is 330 g/mol. The zero-order chi connectivity index (χ0) is 18.9. The molecule has 0 bridgehead atoms. The number of carbonyl (C=O) groups excluding carboxylic acids is 1. The number of anilines is 2. The largest absolute Gasteiger partial charge is 0.457 e. The van der Waals surface area contributed by atoms with Gasteiger partial charge in [-0.25, -0.2) is 4.79 Å². The molecule has 0 aliphatic carbocycles. The molecule has 0 radical (unpaired) electrons. The summed E-state index contributed by atoms with van der Waals surface area (Å²) in [5.74, 6) is 1.35. The van der Waals surface area contributed by atoms with E-state index < -0.39 is 0 Å². The van der Waals surface area contributed by atoms with Gasteiger partial charge in [-0.05, 0) is 55.3 Å². The first-order chi connectivity index (χ1) is 12.5. The van der Waals surface area contributed by atoms with E-state index in [2.05, 4.69) is 24.5 Å². The van der Waals surface area contributed by atoms with Crippen LogP contribution in [-0.2, 0) is 11.3 Å². The monoisotopic (exact) mass is 357 g/mol. The maximum Gasteiger partial charge on any atom is 0.319 e. The SMILES string of the molecule is CCC(CC)NC(=O)Nc1ccc(Oc2ccc(N)cc2)c(COC)c1. The van der Waals surface area contributed by atoms with Crippen molar-refractivity contribution in [3.63, 3.8) is 0 Å². The normalized spacial score (nSPS) is 10.6. The fraction of sp³-hybridized carbons (Fsp3) is 0.350. The highest BCUT2D eigenvalue weighted by molar-refractivity contribution is 5.89. The predicted molar refractivity (Wildman–Crippen MR) is 105 cm³/mol. The molecule has 4 N–H and O–H groups in total. The molecule has 0 atom stereocenters. The standard InChI is InChI=1S/C20H27N3O3/c1-4-16(5-2)22-20(24)23-17-8-11-19(14(12-17)13-25-3)26-18-9-6-15(21)7-10-18/h6-12,16H,4-5,13,21H2,1-3H3,(H2,22,23,24). The number of ether oxygens (including phenoxy) is 2. The van der Waals surface area contributed by atoms with E-state index in [1.165, 1.54) is 0 Å². The molecule has 2 rings (SSSR count). The van der Waals surface area contributed by atoms with Gasteiger partial charge in [0.15, 0.2) is 0 Å². The second kappa shape index (κ2) is 9.68.